The molecule has 0 saturated carbocycles. The molecule has 0 nitrogen and oxygen atoms in total. The molecule has 0 amide bonds. The van der Waals surface area contributed by atoms with E-state index in [1.165, 1.54) is 142 Å². The summed E-state index contributed by atoms with van der Waals surface area (Å²) < 4.78 is 0. The highest BCUT2D eigenvalue weighted by molar-refractivity contribution is 6.45. The Labute approximate surface area is 381 Å². The van der Waals surface area contributed by atoms with Crippen LogP contribution < -0.4 is 0 Å². The second kappa shape index (κ2) is 13.0. The van der Waals surface area contributed by atoms with Crippen molar-refractivity contribution in [3.8, 4) is 44.5 Å². The summed E-state index contributed by atoms with van der Waals surface area (Å²) in [6.45, 7) is 19.0. The quantitative estimate of drug-likeness (QED) is 0.156. The second-order valence-corrected chi connectivity index (χ2v) is 21.6. The molecule has 0 fully saturated rings. The molecule has 1 aliphatic carbocycles. The van der Waals surface area contributed by atoms with Gasteiger partial charge in [-0.25, -0.2) is 0 Å². The minimum atomic E-state index is -0.146. The molecule has 312 valence electrons. The lowest BCUT2D eigenvalue weighted by Gasteiger charge is -2.27. The lowest BCUT2D eigenvalue weighted by Crippen LogP contribution is -2.19. The molecule has 0 saturated heterocycles. The minimum Gasteiger partial charge on any atom is -0.0622 e. The minimum absolute atomic E-state index is 0.0316. The van der Waals surface area contributed by atoms with E-state index in [4.69, 9.17) is 0 Å². The molecule has 0 heterocycles. The summed E-state index contributed by atoms with van der Waals surface area (Å²) in [5.74, 6) is 0. The molecule has 0 spiro atoms. The first-order valence-electron chi connectivity index (χ1n) is 23.5. The van der Waals surface area contributed by atoms with Gasteiger partial charge >= 0.3 is 0 Å². The Kier molecular flexibility index (Phi) is 7.72. The van der Waals surface area contributed by atoms with E-state index in [0.29, 0.717) is 0 Å². The largest absolute Gasteiger partial charge is 0.0622 e. The van der Waals surface area contributed by atoms with Gasteiger partial charge in [-0.3, -0.25) is 0 Å². The Morgan fingerprint density at radius 3 is 1.48 bits per heavy atom. The maximum Gasteiger partial charge on any atom is 0.0159 e. The van der Waals surface area contributed by atoms with Crippen LogP contribution in [0.15, 0.2) is 170 Å². The molecule has 0 aromatic heterocycles. The average Bonchev–Trinajstić information content (AvgIpc) is 3.89. The van der Waals surface area contributed by atoms with Gasteiger partial charge in [0.2, 0.25) is 0 Å². The zero-order chi connectivity index (χ0) is 44.3. The predicted molar refractivity (Wildman–Crippen MR) is 283 cm³/mol. The highest BCUT2D eigenvalue weighted by Crippen LogP contribution is 2.58. The first-order chi connectivity index (χ1) is 31.3. The van der Waals surface area contributed by atoms with Crippen LogP contribution in [-0.4, -0.2) is 0 Å². The predicted octanol–water partition coefficient (Wildman–Crippen LogP) is 18.5. The topological polar surface area (TPSA) is 0 Å². The molecule has 0 unspecified atom stereocenters. The van der Waals surface area contributed by atoms with Gasteiger partial charge in [0.1, 0.15) is 0 Å². The van der Waals surface area contributed by atoms with Crippen LogP contribution in [0.2, 0.25) is 0 Å². The maximum atomic E-state index is 2.54. The normalized spacial score (nSPS) is 14.0. The first-order valence-corrected chi connectivity index (χ1v) is 23.5. The van der Waals surface area contributed by atoms with Crippen LogP contribution in [0.5, 0.6) is 0 Å². The molecule has 0 radical (unpaired) electrons. The van der Waals surface area contributed by atoms with E-state index in [0.717, 1.165) is 0 Å². The molecule has 13 rings (SSSR count). The third kappa shape index (κ3) is 5.20. The van der Waals surface area contributed by atoms with Gasteiger partial charge in [0.25, 0.3) is 0 Å². The number of rotatable bonds is 3. The number of hydrogen-bond acceptors (Lipinski definition) is 0. The summed E-state index contributed by atoms with van der Waals surface area (Å²) >= 11 is 0. The Hall–Kier alpha value is -7.02. The molecule has 0 heteroatoms. The van der Waals surface area contributed by atoms with Gasteiger partial charge in [-0.05, 0) is 165 Å². The SMILES string of the molecule is CC(C)(C)c1ccc2c(c1)C(C)(C)c1cc(C(C)(C)C)cc(-c3ccc4c5c(-c6ccccc6)c6c(cc7c8ccccc8c8cccc6c87)c(-c6ccccc6)c5c5cccc3c54)c1-2. The summed E-state index contributed by atoms with van der Waals surface area (Å²) in [6.07, 6.45) is 0. The molecule has 65 heavy (non-hydrogen) atoms. The average molecular weight is 833 g/mol. The summed E-state index contributed by atoms with van der Waals surface area (Å²) in [4.78, 5) is 0. The Bertz CT molecular complexity index is 3940. The summed E-state index contributed by atoms with van der Waals surface area (Å²) in [5.41, 5.74) is 16.0. The van der Waals surface area contributed by atoms with Gasteiger partial charge in [0, 0.05) is 5.41 Å². The zero-order valence-electron chi connectivity index (χ0n) is 38.7. The van der Waals surface area contributed by atoms with Crippen LogP contribution >= 0.6 is 0 Å². The first kappa shape index (κ1) is 38.4. The van der Waals surface area contributed by atoms with Crippen molar-refractivity contribution >= 4 is 75.4 Å². The molecule has 0 atom stereocenters. The van der Waals surface area contributed by atoms with Crippen molar-refractivity contribution in [1.29, 1.82) is 0 Å². The number of hydrogen-bond donors (Lipinski definition) is 0. The van der Waals surface area contributed by atoms with Gasteiger partial charge in [0.05, 0.1) is 0 Å². The van der Waals surface area contributed by atoms with E-state index in [2.05, 4.69) is 225 Å². The van der Waals surface area contributed by atoms with E-state index < -0.39 is 0 Å². The Morgan fingerprint density at radius 2 is 0.800 bits per heavy atom. The van der Waals surface area contributed by atoms with Crippen molar-refractivity contribution in [1.82, 2.24) is 0 Å². The molecule has 12 aromatic carbocycles. The van der Waals surface area contributed by atoms with Gasteiger partial charge in [-0.1, -0.05) is 213 Å². The third-order valence-corrected chi connectivity index (χ3v) is 15.4. The van der Waals surface area contributed by atoms with E-state index in [1.54, 1.807) is 0 Å². The lowest BCUT2D eigenvalue weighted by atomic mass is 9.76. The highest BCUT2D eigenvalue weighted by atomic mass is 14.4. The van der Waals surface area contributed by atoms with Crippen molar-refractivity contribution in [2.24, 2.45) is 0 Å². The van der Waals surface area contributed by atoms with E-state index in [1.807, 2.05) is 0 Å². The molecular formula is C65H52. The lowest BCUT2D eigenvalue weighted by molar-refractivity contribution is 0.580. The fraction of sp³-hybridized carbons (Fsp3) is 0.169. The molecular weight excluding hydrogens is 781 g/mol. The van der Waals surface area contributed by atoms with Crippen molar-refractivity contribution < 1.29 is 0 Å². The van der Waals surface area contributed by atoms with Crippen molar-refractivity contribution in [3.63, 3.8) is 0 Å². The second-order valence-electron chi connectivity index (χ2n) is 21.6. The van der Waals surface area contributed by atoms with Crippen LogP contribution in [0.3, 0.4) is 0 Å². The zero-order valence-corrected chi connectivity index (χ0v) is 38.7. The van der Waals surface area contributed by atoms with Gasteiger partial charge < -0.3 is 0 Å². The highest BCUT2D eigenvalue weighted by Gasteiger charge is 2.39. The fourth-order valence-corrected chi connectivity index (χ4v) is 12.2. The molecule has 1 aliphatic rings. The maximum absolute atomic E-state index is 2.54. The van der Waals surface area contributed by atoms with Crippen LogP contribution in [0.1, 0.15) is 77.6 Å². The van der Waals surface area contributed by atoms with Crippen LogP contribution in [-0.2, 0) is 16.2 Å². The Balaban J connectivity index is 1.23. The van der Waals surface area contributed by atoms with E-state index in [9.17, 15) is 0 Å². The number of fused-ring (bicyclic) bond motifs is 11. The van der Waals surface area contributed by atoms with E-state index in [-0.39, 0.29) is 16.2 Å². The molecule has 0 N–H and O–H groups in total. The third-order valence-electron chi connectivity index (χ3n) is 15.4. The standard InChI is InChI=1S/C65H52/c1-63(2,3)39-29-30-46-53(34-39)65(7,8)54-35-40(64(4,5)6)33-50(59(46)54)43-31-32-49-57-45(43)26-18-28-48(57)61-55(37-19-11-9-12-20-37)52-36-51-42-24-16-15-23-41(42)44-25-17-27-47(58(44)51)60(52)56(62(49)61)38-21-13-10-14-22-38/h9-36H,1-8H3. The summed E-state index contributed by atoms with van der Waals surface area (Å²) in [5, 5.41) is 18.6. The van der Waals surface area contributed by atoms with Gasteiger partial charge in [-0.2, -0.15) is 0 Å². The number of benzene rings is 10. The summed E-state index contributed by atoms with van der Waals surface area (Å²) in [6, 6.07) is 65.5. The van der Waals surface area contributed by atoms with E-state index >= 15 is 0 Å². The molecule has 0 bridgehead atoms. The van der Waals surface area contributed by atoms with Crippen LogP contribution in [0, 0.1) is 0 Å². The van der Waals surface area contributed by atoms with Gasteiger partial charge in [-0.15, -0.1) is 0 Å². The summed E-state index contributed by atoms with van der Waals surface area (Å²) in [7, 11) is 0. The molecule has 0 aliphatic heterocycles. The molecule has 12 aromatic rings. The van der Waals surface area contributed by atoms with Crippen LogP contribution in [0.4, 0.5) is 0 Å². The van der Waals surface area contributed by atoms with Crippen molar-refractivity contribution in [2.45, 2.75) is 71.6 Å². The van der Waals surface area contributed by atoms with Crippen molar-refractivity contribution in [2.75, 3.05) is 0 Å². The Morgan fingerprint density at radius 1 is 0.292 bits per heavy atom. The van der Waals surface area contributed by atoms with Gasteiger partial charge in [0.15, 0.2) is 0 Å². The smallest absolute Gasteiger partial charge is 0.0159 e. The fourth-order valence-electron chi connectivity index (χ4n) is 12.2. The monoisotopic (exact) mass is 832 g/mol. The van der Waals surface area contributed by atoms with Crippen molar-refractivity contribution in [3.05, 3.63) is 192 Å². The van der Waals surface area contributed by atoms with Crippen LogP contribution in [0.25, 0.3) is 120 Å².